The molecule has 1 aromatic rings. The lowest BCUT2D eigenvalue weighted by Crippen LogP contribution is -2.02. The number of hydrogen-bond acceptors (Lipinski definition) is 3. The van der Waals surface area contributed by atoms with E-state index in [0.29, 0.717) is 0 Å². The second-order valence-corrected chi connectivity index (χ2v) is 3.64. The molecule has 0 unspecified atom stereocenters. The minimum Gasteiger partial charge on any atom is -0.358 e. The predicted octanol–water partition coefficient (Wildman–Crippen LogP) is 3.43. The van der Waals surface area contributed by atoms with E-state index in [2.05, 4.69) is 20.9 Å². The van der Waals surface area contributed by atoms with E-state index in [-0.39, 0.29) is 16.0 Å². The van der Waals surface area contributed by atoms with Crippen molar-refractivity contribution in [2.24, 2.45) is 0 Å². The molecule has 8 heteroatoms. The normalized spacial score (nSPS) is 10.7. The molecule has 1 rings (SSSR count). The van der Waals surface area contributed by atoms with Gasteiger partial charge in [0.1, 0.15) is 0 Å². The molecule has 0 aliphatic carbocycles. The number of aromatic nitrogens is 1. The van der Waals surface area contributed by atoms with Gasteiger partial charge in [-0.25, -0.2) is 8.78 Å². The lowest BCUT2D eigenvalue weighted by molar-refractivity contribution is -0.389. The van der Waals surface area contributed by atoms with Gasteiger partial charge in [0.2, 0.25) is 0 Å². The number of rotatable bonds is 3. The van der Waals surface area contributed by atoms with Crippen molar-refractivity contribution in [3.8, 4) is 0 Å². The highest BCUT2D eigenvalue weighted by molar-refractivity contribution is 9.10. The third-order valence-electron chi connectivity index (χ3n) is 1.61. The molecule has 0 saturated carbocycles. The topological polar surface area (TPSA) is 56.0 Å². The van der Waals surface area contributed by atoms with Crippen LogP contribution in [0, 0.1) is 10.1 Å². The highest BCUT2D eigenvalue weighted by atomic mass is 79.9. The summed E-state index contributed by atoms with van der Waals surface area (Å²) in [6, 6.07) is 0.928. The molecular formula is C7H4BrClF2N2O2. The van der Waals surface area contributed by atoms with Gasteiger partial charge in [0.15, 0.2) is 5.69 Å². The number of nitrogens with zero attached hydrogens (tertiary/aromatic N) is 2. The van der Waals surface area contributed by atoms with Crippen LogP contribution in [-0.2, 0) is 5.88 Å². The summed E-state index contributed by atoms with van der Waals surface area (Å²) in [5.74, 6) is -0.818. The molecule has 0 amide bonds. The lowest BCUT2D eigenvalue weighted by atomic mass is 10.2. The standard InChI is InChI=1S/C7H4BrClF2N2O2/c8-3-1-5(13(14)15)12-4(2-9)6(3)7(10)11/h1,7H,2H2. The third-order valence-corrected chi connectivity index (χ3v) is 2.51. The fourth-order valence-corrected chi connectivity index (χ4v) is 1.80. The molecule has 4 nitrogen and oxygen atoms in total. The van der Waals surface area contributed by atoms with Crippen LogP contribution in [-0.4, -0.2) is 9.91 Å². The van der Waals surface area contributed by atoms with Gasteiger partial charge in [-0.2, -0.15) is 0 Å². The van der Waals surface area contributed by atoms with Crippen LogP contribution in [0.1, 0.15) is 17.7 Å². The van der Waals surface area contributed by atoms with Crippen LogP contribution < -0.4 is 0 Å². The molecule has 0 saturated heterocycles. The van der Waals surface area contributed by atoms with Crippen LogP contribution in [0.3, 0.4) is 0 Å². The maximum Gasteiger partial charge on any atom is 0.364 e. The Balaban J connectivity index is 3.37. The van der Waals surface area contributed by atoms with Gasteiger partial charge < -0.3 is 10.1 Å². The van der Waals surface area contributed by atoms with Crippen molar-refractivity contribution in [3.05, 3.63) is 31.9 Å². The Labute approximate surface area is 96.5 Å². The van der Waals surface area contributed by atoms with Crippen LogP contribution in [0.25, 0.3) is 0 Å². The quantitative estimate of drug-likeness (QED) is 0.488. The van der Waals surface area contributed by atoms with Gasteiger partial charge in [0, 0.05) is 4.47 Å². The van der Waals surface area contributed by atoms with Gasteiger partial charge in [0.05, 0.1) is 17.5 Å². The van der Waals surface area contributed by atoms with E-state index in [9.17, 15) is 18.9 Å². The van der Waals surface area contributed by atoms with E-state index in [1.807, 2.05) is 0 Å². The monoisotopic (exact) mass is 300 g/mol. The summed E-state index contributed by atoms with van der Waals surface area (Å²) in [7, 11) is 0. The number of halogens is 4. The van der Waals surface area contributed by atoms with Gasteiger partial charge in [-0.05, 0) is 25.8 Å². The average molecular weight is 301 g/mol. The van der Waals surface area contributed by atoms with Crippen molar-refractivity contribution in [1.29, 1.82) is 0 Å². The Kier molecular flexibility index (Phi) is 3.92. The zero-order valence-electron chi connectivity index (χ0n) is 7.08. The first-order chi connectivity index (χ1) is 6.97. The van der Waals surface area contributed by atoms with Crippen LogP contribution in [0.2, 0.25) is 0 Å². The predicted molar refractivity (Wildman–Crippen MR) is 53.1 cm³/mol. The van der Waals surface area contributed by atoms with Crippen LogP contribution in [0.4, 0.5) is 14.6 Å². The SMILES string of the molecule is O=[N+]([O-])c1cc(Br)c(C(F)F)c(CCl)n1. The second-order valence-electron chi connectivity index (χ2n) is 2.51. The van der Waals surface area contributed by atoms with Gasteiger partial charge in [0.25, 0.3) is 6.43 Å². The molecule has 0 spiro atoms. The summed E-state index contributed by atoms with van der Waals surface area (Å²) in [6.45, 7) is 0. The first-order valence-electron chi connectivity index (χ1n) is 3.65. The Morgan fingerprint density at radius 2 is 2.27 bits per heavy atom. The maximum absolute atomic E-state index is 12.5. The zero-order chi connectivity index (χ0) is 11.6. The summed E-state index contributed by atoms with van der Waals surface area (Å²) >= 11 is 8.21. The van der Waals surface area contributed by atoms with Crippen molar-refractivity contribution < 1.29 is 13.7 Å². The van der Waals surface area contributed by atoms with Crippen LogP contribution in [0.5, 0.6) is 0 Å². The molecule has 0 aliphatic rings. The Bertz CT molecular complexity index is 403. The molecule has 15 heavy (non-hydrogen) atoms. The molecule has 0 radical (unpaired) electrons. The smallest absolute Gasteiger partial charge is 0.358 e. The zero-order valence-corrected chi connectivity index (χ0v) is 9.43. The summed E-state index contributed by atoms with van der Waals surface area (Å²) < 4.78 is 25.0. The van der Waals surface area contributed by atoms with Crippen molar-refractivity contribution >= 4 is 33.3 Å². The maximum atomic E-state index is 12.5. The largest absolute Gasteiger partial charge is 0.364 e. The van der Waals surface area contributed by atoms with Crippen molar-refractivity contribution in [2.45, 2.75) is 12.3 Å². The third kappa shape index (κ3) is 2.60. The molecule has 1 heterocycles. The first kappa shape index (κ1) is 12.3. The van der Waals surface area contributed by atoms with E-state index in [0.717, 1.165) is 6.07 Å². The van der Waals surface area contributed by atoms with E-state index in [4.69, 9.17) is 11.6 Å². The summed E-state index contributed by atoms with van der Waals surface area (Å²) in [4.78, 5) is 13.1. The van der Waals surface area contributed by atoms with Crippen molar-refractivity contribution in [2.75, 3.05) is 0 Å². The minimum absolute atomic E-state index is 0.0603. The van der Waals surface area contributed by atoms with E-state index in [1.54, 1.807) is 0 Å². The van der Waals surface area contributed by atoms with Gasteiger partial charge in [-0.1, -0.05) is 0 Å². The highest BCUT2D eigenvalue weighted by Gasteiger charge is 2.24. The number of pyridine rings is 1. The van der Waals surface area contributed by atoms with Crippen molar-refractivity contribution in [3.63, 3.8) is 0 Å². The van der Waals surface area contributed by atoms with E-state index >= 15 is 0 Å². The van der Waals surface area contributed by atoms with Crippen LogP contribution in [0.15, 0.2) is 10.5 Å². The number of hydrogen-bond donors (Lipinski definition) is 0. The van der Waals surface area contributed by atoms with Crippen molar-refractivity contribution in [1.82, 2.24) is 4.98 Å². The summed E-state index contributed by atoms with van der Waals surface area (Å²) in [5, 5.41) is 10.4. The second kappa shape index (κ2) is 4.80. The summed E-state index contributed by atoms with van der Waals surface area (Å²) in [6.07, 6.45) is -2.78. The molecular weight excluding hydrogens is 297 g/mol. The fourth-order valence-electron chi connectivity index (χ4n) is 0.985. The Hall–Kier alpha value is -0.820. The molecule has 0 fully saturated rings. The number of nitro groups is 1. The molecule has 0 bridgehead atoms. The Morgan fingerprint density at radius 1 is 1.67 bits per heavy atom. The first-order valence-corrected chi connectivity index (χ1v) is 4.98. The minimum atomic E-state index is -2.78. The molecule has 82 valence electrons. The average Bonchev–Trinajstić information content (AvgIpc) is 2.15. The molecule has 0 atom stereocenters. The highest BCUT2D eigenvalue weighted by Crippen LogP contribution is 2.32. The van der Waals surface area contributed by atoms with Crippen LogP contribution >= 0.6 is 27.5 Å². The molecule has 0 N–H and O–H groups in total. The number of alkyl halides is 3. The van der Waals surface area contributed by atoms with Gasteiger partial charge in [-0.15, -0.1) is 11.6 Å². The lowest BCUT2D eigenvalue weighted by Gasteiger charge is -2.04. The van der Waals surface area contributed by atoms with E-state index < -0.39 is 22.7 Å². The summed E-state index contributed by atoms with van der Waals surface area (Å²) in [5.41, 5.74) is -0.594. The molecule has 0 aromatic carbocycles. The molecule has 1 aromatic heterocycles. The van der Waals surface area contributed by atoms with Gasteiger partial charge in [-0.3, -0.25) is 0 Å². The molecule has 0 aliphatic heterocycles. The Morgan fingerprint density at radius 3 is 2.67 bits per heavy atom. The fraction of sp³-hybridized carbons (Fsp3) is 0.286. The van der Waals surface area contributed by atoms with Gasteiger partial charge >= 0.3 is 5.82 Å². The van der Waals surface area contributed by atoms with E-state index in [1.165, 1.54) is 0 Å².